The number of rotatable bonds is 4. The van der Waals surface area contributed by atoms with Crippen LogP contribution in [0.3, 0.4) is 0 Å². The van der Waals surface area contributed by atoms with E-state index in [1.807, 2.05) is 0 Å². The average molecular weight is 407 g/mol. The van der Waals surface area contributed by atoms with Crippen molar-refractivity contribution in [1.82, 2.24) is 5.32 Å². The topological polar surface area (TPSA) is 102 Å². The molecular formula is C19H22FN3O4S. The number of ether oxygens (including phenoxy) is 1. The van der Waals surface area contributed by atoms with Crippen molar-refractivity contribution in [3.63, 3.8) is 0 Å². The molecule has 0 bridgehead atoms. The lowest BCUT2D eigenvalue weighted by atomic mass is 9.98. The first-order chi connectivity index (χ1) is 13.1. The van der Waals surface area contributed by atoms with Crippen molar-refractivity contribution < 1.29 is 22.3 Å². The van der Waals surface area contributed by atoms with Crippen LogP contribution >= 0.6 is 0 Å². The van der Waals surface area contributed by atoms with Gasteiger partial charge in [-0.3, -0.25) is 4.79 Å². The highest BCUT2D eigenvalue weighted by Crippen LogP contribution is 2.39. The minimum absolute atomic E-state index is 0.143. The number of carbonyl (C=O) groups is 1. The van der Waals surface area contributed by atoms with Gasteiger partial charge in [0.1, 0.15) is 11.6 Å². The van der Waals surface area contributed by atoms with E-state index in [4.69, 9.17) is 9.88 Å². The largest absolute Gasteiger partial charge is 0.496 e. The van der Waals surface area contributed by atoms with Gasteiger partial charge in [-0.05, 0) is 44.2 Å². The van der Waals surface area contributed by atoms with Crippen LogP contribution in [0.4, 0.5) is 10.1 Å². The summed E-state index contributed by atoms with van der Waals surface area (Å²) in [5.74, 6) is -0.635. The Hall–Kier alpha value is -2.49. The summed E-state index contributed by atoms with van der Waals surface area (Å²) in [4.78, 5) is 14.0. The zero-order chi connectivity index (χ0) is 20.7. The Morgan fingerprint density at radius 2 is 1.96 bits per heavy atom. The van der Waals surface area contributed by atoms with Crippen molar-refractivity contribution in [2.45, 2.75) is 24.3 Å². The van der Waals surface area contributed by atoms with E-state index in [0.29, 0.717) is 18.8 Å². The molecule has 2 aromatic rings. The van der Waals surface area contributed by atoms with Gasteiger partial charge in [0.25, 0.3) is 0 Å². The van der Waals surface area contributed by atoms with Crippen LogP contribution in [0.2, 0.25) is 0 Å². The van der Waals surface area contributed by atoms with E-state index >= 15 is 0 Å². The number of nitrogens with zero attached hydrogens (tertiary/aromatic N) is 1. The van der Waals surface area contributed by atoms with E-state index in [2.05, 4.69) is 5.32 Å². The normalized spacial score (nSPS) is 16.9. The number of carbonyl (C=O) groups excluding carboxylic acids is 1. The lowest BCUT2D eigenvalue weighted by Gasteiger charge is -2.38. The van der Waals surface area contributed by atoms with E-state index in [1.54, 1.807) is 36.9 Å². The van der Waals surface area contributed by atoms with E-state index in [0.717, 1.165) is 6.07 Å². The molecule has 0 unspecified atom stereocenters. The molecule has 1 fully saturated rings. The van der Waals surface area contributed by atoms with Crippen molar-refractivity contribution in [1.29, 1.82) is 0 Å². The molecule has 0 radical (unpaired) electrons. The predicted molar refractivity (Wildman–Crippen MR) is 104 cm³/mol. The van der Waals surface area contributed by atoms with Gasteiger partial charge in [-0.15, -0.1) is 0 Å². The first-order valence-corrected chi connectivity index (χ1v) is 10.2. The second kappa shape index (κ2) is 7.16. The Bertz CT molecular complexity index is 1040. The number of piperazine rings is 1. The summed E-state index contributed by atoms with van der Waals surface area (Å²) in [5, 5.41) is 8.43. The molecule has 1 amide bonds. The molecule has 3 rings (SSSR count). The summed E-state index contributed by atoms with van der Waals surface area (Å²) < 4.78 is 44.0. The van der Waals surface area contributed by atoms with Gasteiger partial charge in [0.15, 0.2) is 0 Å². The maximum absolute atomic E-state index is 14.7. The van der Waals surface area contributed by atoms with Crippen LogP contribution in [0.5, 0.6) is 5.75 Å². The number of primary sulfonamides is 1. The molecule has 7 nitrogen and oxygen atoms in total. The third-order valence-corrected chi connectivity index (χ3v) is 5.68. The zero-order valence-corrected chi connectivity index (χ0v) is 16.6. The van der Waals surface area contributed by atoms with Gasteiger partial charge in [0.2, 0.25) is 15.9 Å². The van der Waals surface area contributed by atoms with E-state index < -0.39 is 21.4 Å². The number of hydrogen-bond acceptors (Lipinski definition) is 5. The molecule has 3 N–H and O–H groups in total. The van der Waals surface area contributed by atoms with Crippen LogP contribution in [0.15, 0.2) is 41.3 Å². The second-order valence-electron chi connectivity index (χ2n) is 7.05. The summed E-state index contributed by atoms with van der Waals surface area (Å²) in [5.41, 5.74) is -0.224. The number of nitrogens with one attached hydrogen (secondary N) is 1. The van der Waals surface area contributed by atoms with Gasteiger partial charge in [-0.2, -0.15) is 0 Å². The van der Waals surface area contributed by atoms with Gasteiger partial charge >= 0.3 is 0 Å². The van der Waals surface area contributed by atoms with Crippen LogP contribution in [0.25, 0.3) is 11.1 Å². The fourth-order valence-electron chi connectivity index (χ4n) is 3.30. The lowest BCUT2D eigenvalue weighted by molar-refractivity contribution is -0.124. The van der Waals surface area contributed by atoms with Gasteiger partial charge in [0.05, 0.1) is 17.5 Å². The monoisotopic (exact) mass is 407 g/mol. The summed E-state index contributed by atoms with van der Waals surface area (Å²) >= 11 is 0. The SMILES string of the molecule is COc1ccc(N2CCNC(C)(C)C2=O)cc1-c1c(F)cccc1S(N)(=O)=O. The van der Waals surface area contributed by atoms with Crippen molar-refractivity contribution in [3.05, 3.63) is 42.2 Å². The van der Waals surface area contributed by atoms with E-state index in [1.165, 1.54) is 19.2 Å². The molecule has 9 heteroatoms. The number of amides is 1. The van der Waals surface area contributed by atoms with Gasteiger partial charge in [-0.1, -0.05) is 6.07 Å². The van der Waals surface area contributed by atoms with Crippen LogP contribution in [0.1, 0.15) is 13.8 Å². The Kier molecular flexibility index (Phi) is 5.18. The lowest BCUT2D eigenvalue weighted by Crippen LogP contribution is -2.61. The molecule has 0 saturated carbocycles. The Morgan fingerprint density at radius 1 is 1.25 bits per heavy atom. The third kappa shape index (κ3) is 3.60. The number of sulfonamides is 1. The molecular weight excluding hydrogens is 385 g/mol. The summed E-state index contributed by atoms with van der Waals surface area (Å²) in [6.45, 7) is 4.57. The second-order valence-corrected chi connectivity index (χ2v) is 8.58. The minimum atomic E-state index is -4.18. The van der Waals surface area contributed by atoms with Crippen LogP contribution in [-0.4, -0.2) is 40.1 Å². The Morgan fingerprint density at radius 3 is 2.61 bits per heavy atom. The van der Waals surface area contributed by atoms with E-state index in [-0.39, 0.29) is 27.7 Å². The first-order valence-electron chi connectivity index (χ1n) is 8.63. The zero-order valence-electron chi connectivity index (χ0n) is 15.8. The molecule has 0 spiro atoms. The van der Waals surface area contributed by atoms with Crippen molar-refractivity contribution in [3.8, 4) is 16.9 Å². The number of anilines is 1. The first kappa shape index (κ1) is 20.2. The van der Waals surface area contributed by atoms with E-state index in [9.17, 15) is 17.6 Å². The number of halogens is 1. The molecule has 0 aromatic heterocycles. The quantitative estimate of drug-likeness (QED) is 0.806. The maximum Gasteiger partial charge on any atom is 0.246 e. The van der Waals surface area contributed by atoms with Gasteiger partial charge in [-0.25, -0.2) is 17.9 Å². The summed E-state index contributed by atoms with van der Waals surface area (Å²) in [6.07, 6.45) is 0. The maximum atomic E-state index is 14.7. The highest BCUT2D eigenvalue weighted by Gasteiger charge is 2.36. The predicted octanol–water partition coefficient (Wildman–Crippen LogP) is 1.86. The molecule has 0 atom stereocenters. The molecule has 1 saturated heterocycles. The van der Waals surface area contributed by atoms with Crippen LogP contribution < -0.4 is 20.1 Å². The summed E-state index contributed by atoms with van der Waals surface area (Å²) in [6, 6.07) is 8.46. The van der Waals surface area contributed by atoms with Gasteiger partial charge in [0, 0.05) is 29.9 Å². The molecule has 150 valence electrons. The average Bonchev–Trinajstić information content (AvgIpc) is 2.62. The standard InChI is InChI=1S/C19H22FN3O4S/c1-19(2)18(24)23(10-9-22-19)12-7-8-15(27-3)13(11-12)17-14(20)5-4-6-16(17)28(21,25)26/h4-8,11,22H,9-10H2,1-3H3,(H2,21,25,26). The fraction of sp³-hybridized carbons (Fsp3) is 0.316. The number of hydrogen-bond donors (Lipinski definition) is 2. The molecule has 1 aliphatic rings. The number of methoxy groups -OCH3 is 1. The van der Waals surface area contributed by atoms with Crippen molar-refractivity contribution in [2.75, 3.05) is 25.1 Å². The Balaban J connectivity index is 2.22. The minimum Gasteiger partial charge on any atom is -0.496 e. The smallest absolute Gasteiger partial charge is 0.246 e. The summed E-state index contributed by atoms with van der Waals surface area (Å²) in [7, 11) is -2.78. The van der Waals surface area contributed by atoms with Crippen molar-refractivity contribution in [2.24, 2.45) is 5.14 Å². The molecule has 1 heterocycles. The van der Waals surface area contributed by atoms with Crippen LogP contribution in [-0.2, 0) is 14.8 Å². The highest BCUT2D eigenvalue weighted by atomic mass is 32.2. The number of benzene rings is 2. The third-order valence-electron chi connectivity index (χ3n) is 4.73. The number of nitrogens with two attached hydrogens (primary N) is 1. The van der Waals surface area contributed by atoms with Gasteiger partial charge < -0.3 is 15.0 Å². The molecule has 2 aromatic carbocycles. The van der Waals surface area contributed by atoms with Crippen LogP contribution in [0, 0.1) is 5.82 Å². The molecule has 28 heavy (non-hydrogen) atoms. The Labute approximate surface area is 163 Å². The fourth-order valence-corrected chi connectivity index (χ4v) is 4.06. The van der Waals surface area contributed by atoms with Crippen molar-refractivity contribution >= 4 is 21.6 Å². The highest BCUT2D eigenvalue weighted by molar-refractivity contribution is 7.89. The molecule has 1 aliphatic heterocycles. The molecule has 0 aliphatic carbocycles.